The number of alkyl halides is 5. The molecule has 0 atom stereocenters. The summed E-state index contributed by atoms with van der Waals surface area (Å²) < 4.78 is 85.1. The summed E-state index contributed by atoms with van der Waals surface area (Å²) >= 11 is 0. The Balaban J connectivity index is 1.48. The third-order valence-corrected chi connectivity index (χ3v) is 6.11. The molecule has 198 valence electrons. The average molecular weight is 537 g/mol. The van der Waals surface area contributed by atoms with E-state index in [9.17, 15) is 36.2 Å². The lowest BCUT2D eigenvalue weighted by atomic mass is 9.94. The number of β-amino-alcohol motifs (C(OH)–C–C–N with tert-alkyl or cyclic N) is 1. The fraction of sp³-hybridized carbons (Fsp3) is 0.250. The Kier molecular flexibility index (Phi) is 6.01. The molecule has 0 spiro atoms. The van der Waals surface area contributed by atoms with Crippen molar-refractivity contribution in [1.82, 2.24) is 19.4 Å². The number of hydrogen-bond donors (Lipinski definition) is 1. The van der Waals surface area contributed by atoms with Crippen molar-refractivity contribution in [3.63, 3.8) is 0 Å². The minimum absolute atomic E-state index is 0.0175. The van der Waals surface area contributed by atoms with Gasteiger partial charge in [-0.1, -0.05) is 12.1 Å². The van der Waals surface area contributed by atoms with Gasteiger partial charge in [0.15, 0.2) is 5.60 Å². The van der Waals surface area contributed by atoms with Crippen LogP contribution in [0.25, 0.3) is 16.8 Å². The van der Waals surface area contributed by atoms with Gasteiger partial charge in [0.25, 0.3) is 0 Å². The average Bonchev–Trinajstić information content (AvgIpc) is 3.14. The van der Waals surface area contributed by atoms with E-state index < -0.39 is 43.1 Å². The van der Waals surface area contributed by atoms with Crippen LogP contribution in [-0.4, -0.2) is 61.7 Å². The number of imidazole rings is 1. The van der Waals surface area contributed by atoms with Crippen molar-refractivity contribution in [3.05, 3.63) is 71.7 Å². The van der Waals surface area contributed by atoms with Crippen LogP contribution in [0, 0.1) is 12.7 Å². The topological polar surface area (TPSA) is 92.9 Å². The smallest absolute Gasteiger partial charge is 0.420 e. The Labute approximate surface area is 210 Å². The molecule has 1 N–H and O–H groups in total. The highest BCUT2D eigenvalue weighted by Gasteiger charge is 2.61. The summed E-state index contributed by atoms with van der Waals surface area (Å²) in [5.41, 5.74) is -2.65. The van der Waals surface area contributed by atoms with E-state index in [1.165, 1.54) is 54.2 Å². The molecule has 0 aliphatic carbocycles. The number of ketones is 1. The summed E-state index contributed by atoms with van der Waals surface area (Å²) in [7, 11) is 0. The van der Waals surface area contributed by atoms with Gasteiger partial charge in [-0.15, -0.1) is 0 Å². The molecular formula is C24H17F6N5O3. The number of carbonyl (C=O) groups excluding carboxylic acids is 1. The fourth-order valence-corrected chi connectivity index (χ4v) is 4.18. The maximum atomic E-state index is 15.0. The number of aliphatic hydroxyl groups is 1. The number of halogens is 6. The lowest BCUT2D eigenvalue weighted by Gasteiger charge is -2.46. The first-order valence-electron chi connectivity index (χ1n) is 11.0. The third-order valence-electron chi connectivity index (χ3n) is 6.11. The first kappa shape index (κ1) is 25.4. The number of rotatable bonds is 6. The van der Waals surface area contributed by atoms with Gasteiger partial charge < -0.3 is 14.7 Å². The molecule has 0 amide bonds. The molecule has 1 saturated heterocycles. The van der Waals surface area contributed by atoms with E-state index in [1.807, 2.05) is 0 Å². The van der Waals surface area contributed by atoms with Crippen molar-refractivity contribution in [1.29, 1.82) is 0 Å². The number of benzene rings is 1. The number of carbonyl (C=O) groups is 1. The van der Waals surface area contributed by atoms with Gasteiger partial charge in [0, 0.05) is 35.8 Å². The largest absolute Gasteiger partial charge is 0.434 e. The van der Waals surface area contributed by atoms with E-state index in [2.05, 4.69) is 19.7 Å². The standard InChI is InChI=1S/C24H17F6N5O3/c1-12-19(20(36)14-4-2-3-5-17(14)38-21(26)27)35-9-15(16(25)6-18(35)33-12)13-7-31-22(32-8-13)34-10-23(37,11-34)24(28,29)30/h2-9,21,37H,10-11H2,1H3. The highest BCUT2D eigenvalue weighted by molar-refractivity contribution is 6.10. The minimum Gasteiger partial charge on any atom is -0.434 e. The molecule has 1 aromatic carbocycles. The zero-order chi connectivity index (χ0) is 27.4. The molecule has 3 aromatic heterocycles. The lowest BCUT2D eigenvalue weighted by molar-refractivity contribution is -0.267. The van der Waals surface area contributed by atoms with Crippen LogP contribution in [0.3, 0.4) is 0 Å². The molecule has 14 heteroatoms. The third kappa shape index (κ3) is 4.30. The van der Waals surface area contributed by atoms with Crippen LogP contribution in [0.15, 0.2) is 48.9 Å². The monoisotopic (exact) mass is 537 g/mol. The van der Waals surface area contributed by atoms with Gasteiger partial charge in [-0.25, -0.2) is 19.3 Å². The molecule has 0 unspecified atom stereocenters. The molecule has 0 bridgehead atoms. The van der Waals surface area contributed by atoms with Gasteiger partial charge in [-0.2, -0.15) is 22.0 Å². The molecule has 1 aliphatic heterocycles. The normalized spacial score (nSPS) is 15.1. The second-order valence-corrected chi connectivity index (χ2v) is 8.67. The van der Waals surface area contributed by atoms with E-state index in [-0.39, 0.29) is 45.4 Å². The van der Waals surface area contributed by atoms with Crippen molar-refractivity contribution in [2.45, 2.75) is 25.3 Å². The molecule has 4 aromatic rings. The van der Waals surface area contributed by atoms with Gasteiger partial charge >= 0.3 is 12.8 Å². The Morgan fingerprint density at radius 1 is 1.16 bits per heavy atom. The molecule has 8 nitrogen and oxygen atoms in total. The van der Waals surface area contributed by atoms with E-state index >= 15 is 0 Å². The first-order valence-corrected chi connectivity index (χ1v) is 11.0. The van der Waals surface area contributed by atoms with Gasteiger partial charge in [0.1, 0.15) is 22.9 Å². The number of pyridine rings is 1. The maximum absolute atomic E-state index is 15.0. The second kappa shape index (κ2) is 8.97. The highest BCUT2D eigenvalue weighted by Crippen LogP contribution is 2.39. The number of aromatic nitrogens is 4. The number of aryl methyl sites for hydroxylation is 1. The van der Waals surface area contributed by atoms with Crippen molar-refractivity contribution < 1.29 is 41.0 Å². The Morgan fingerprint density at radius 3 is 2.45 bits per heavy atom. The number of hydrogen-bond acceptors (Lipinski definition) is 7. The summed E-state index contributed by atoms with van der Waals surface area (Å²) in [6.45, 7) is -3.14. The predicted molar refractivity (Wildman–Crippen MR) is 121 cm³/mol. The molecule has 38 heavy (non-hydrogen) atoms. The quantitative estimate of drug-likeness (QED) is 0.291. The van der Waals surface area contributed by atoms with Gasteiger partial charge in [0.05, 0.1) is 24.3 Å². The maximum Gasteiger partial charge on any atom is 0.420 e. The molecule has 4 heterocycles. The summed E-state index contributed by atoms with van der Waals surface area (Å²) in [5.74, 6) is -1.86. The zero-order valence-corrected chi connectivity index (χ0v) is 19.4. The first-order chi connectivity index (χ1) is 17.9. The van der Waals surface area contributed by atoms with Crippen molar-refractivity contribution >= 4 is 17.4 Å². The van der Waals surface area contributed by atoms with Crippen LogP contribution in [0.5, 0.6) is 5.75 Å². The Bertz CT molecular complexity index is 1530. The molecule has 0 radical (unpaired) electrons. The van der Waals surface area contributed by atoms with Crippen LogP contribution in [-0.2, 0) is 0 Å². The van der Waals surface area contributed by atoms with Crippen LogP contribution < -0.4 is 9.64 Å². The Morgan fingerprint density at radius 2 is 1.82 bits per heavy atom. The fourth-order valence-electron chi connectivity index (χ4n) is 4.18. The summed E-state index contributed by atoms with van der Waals surface area (Å²) in [6.07, 6.45) is -1.16. The molecular weight excluding hydrogens is 520 g/mol. The van der Waals surface area contributed by atoms with E-state index in [0.29, 0.717) is 0 Å². The number of anilines is 1. The van der Waals surface area contributed by atoms with Gasteiger partial charge in [-0.05, 0) is 19.1 Å². The van der Waals surface area contributed by atoms with E-state index in [4.69, 9.17) is 0 Å². The molecule has 1 fully saturated rings. The second-order valence-electron chi connectivity index (χ2n) is 8.67. The number of fused-ring (bicyclic) bond motifs is 1. The van der Waals surface area contributed by atoms with Gasteiger partial charge in [-0.3, -0.25) is 9.20 Å². The number of nitrogens with zero attached hydrogens (tertiary/aromatic N) is 5. The summed E-state index contributed by atoms with van der Waals surface area (Å²) in [4.78, 5) is 26.6. The van der Waals surface area contributed by atoms with Crippen LogP contribution >= 0.6 is 0 Å². The summed E-state index contributed by atoms with van der Waals surface area (Å²) in [6, 6.07) is 6.49. The summed E-state index contributed by atoms with van der Waals surface area (Å²) in [5, 5.41) is 9.61. The highest BCUT2D eigenvalue weighted by atomic mass is 19.4. The molecule has 0 saturated carbocycles. The zero-order valence-electron chi connectivity index (χ0n) is 19.4. The number of para-hydroxylation sites is 1. The number of ether oxygens (including phenoxy) is 1. The van der Waals surface area contributed by atoms with Crippen molar-refractivity contribution in [2.75, 3.05) is 18.0 Å². The van der Waals surface area contributed by atoms with Crippen LogP contribution in [0.1, 0.15) is 21.7 Å². The van der Waals surface area contributed by atoms with Crippen LogP contribution in [0.2, 0.25) is 0 Å². The van der Waals surface area contributed by atoms with Crippen molar-refractivity contribution in [3.8, 4) is 16.9 Å². The van der Waals surface area contributed by atoms with E-state index in [1.54, 1.807) is 0 Å². The minimum atomic E-state index is -4.80. The molecule has 5 rings (SSSR count). The molecule has 1 aliphatic rings. The van der Waals surface area contributed by atoms with E-state index in [0.717, 1.165) is 11.0 Å². The predicted octanol–water partition coefficient (Wildman–Crippen LogP) is 4.18. The van der Waals surface area contributed by atoms with Gasteiger partial charge in [0.2, 0.25) is 11.7 Å². The SMILES string of the molecule is Cc1nc2cc(F)c(-c3cnc(N4CC(O)(C(F)(F)F)C4)nc3)cn2c1C(=O)c1ccccc1OC(F)F. The van der Waals surface area contributed by atoms with Crippen LogP contribution in [0.4, 0.5) is 32.3 Å². The van der Waals surface area contributed by atoms with Crippen molar-refractivity contribution in [2.24, 2.45) is 0 Å². The Hall–Kier alpha value is -4.20. The lowest BCUT2D eigenvalue weighted by Crippen LogP contribution is -2.69.